The fourth-order valence-corrected chi connectivity index (χ4v) is 1.30. The van der Waals surface area contributed by atoms with Crippen LogP contribution in [0.1, 0.15) is 20.8 Å². The SMILES string of the molecule is CC(C)(C)OC(=O)NNC[Si](C)(C)C. The lowest BCUT2D eigenvalue weighted by atomic mass is 10.2. The van der Waals surface area contributed by atoms with Crippen molar-refractivity contribution < 1.29 is 9.53 Å². The summed E-state index contributed by atoms with van der Waals surface area (Å²) in [5.74, 6) is 0. The third kappa shape index (κ3) is 9.53. The van der Waals surface area contributed by atoms with Gasteiger partial charge in [-0.1, -0.05) is 19.6 Å². The molecular formula is C9H22N2O2Si. The molecular weight excluding hydrogens is 196 g/mol. The molecule has 0 aliphatic heterocycles. The van der Waals surface area contributed by atoms with Crippen molar-refractivity contribution >= 4 is 14.2 Å². The molecule has 0 radical (unpaired) electrons. The summed E-state index contributed by atoms with van der Waals surface area (Å²) in [6, 6.07) is 0. The van der Waals surface area contributed by atoms with Crippen molar-refractivity contribution in [2.24, 2.45) is 0 Å². The second kappa shape index (κ2) is 4.79. The molecule has 0 aromatic heterocycles. The maximum atomic E-state index is 11.2. The molecule has 0 heterocycles. The van der Waals surface area contributed by atoms with E-state index in [1.165, 1.54) is 0 Å². The fraction of sp³-hybridized carbons (Fsp3) is 0.889. The molecule has 84 valence electrons. The molecule has 0 aliphatic rings. The minimum atomic E-state index is -1.16. The van der Waals surface area contributed by atoms with E-state index in [4.69, 9.17) is 4.74 Å². The topological polar surface area (TPSA) is 50.4 Å². The zero-order valence-corrected chi connectivity index (χ0v) is 11.0. The Morgan fingerprint density at radius 2 is 1.79 bits per heavy atom. The van der Waals surface area contributed by atoms with Crippen LogP contribution in [0.15, 0.2) is 0 Å². The summed E-state index contributed by atoms with van der Waals surface area (Å²) in [6.45, 7) is 12.2. The summed E-state index contributed by atoms with van der Waals surface area (Å²) in [4.78, 5) is 11.2. The Kier molecular flexibility index (Phi) is 4.60. The van der Waals surface area contributed by atoms with Crippen molar-refractivity contribution in [3.05, 3.63) is 0 Å². The molecule has 0 rings (SSSR count). The summed E-state index contributed by atoms with van der Waals surface area (Å²) in [5.41, 5.74) is 4.96. The third-order valence-corrected chi connectivity index (χ3v) is 2.45. The fourth-order valence-electron chi connectivity index (χ4n) is 0.685. The first-order valence-corrected chi connectivity index (χ1v) is 8.53. The average Bonchev–Trinajstić information content (AvgIpc) is 1.78. The monoisotopic (exact) mass is 218 g/mol. The van der Waals surface area contributed by atoms with Gasteiger partial charge in [0.1, 0.15) is 5.60 Å². The highest BCUT2D eigenvalue weighted by Crippen LogP contribution is 2.05. The van der Waals surface area contributed by atoms with Crippen molar-refractivity contribution in [2.45, 2.75) is 46.0 Å². The molecule has 5 heteroatoms. The molecule has 0 saturated carbocycles. The smallest absolute Gasteiger partial charge is 0.422 e. The van der Waals surface area contributed by atoms with Crippen LogP contribution < -0.4 is 10.9 Å². The van der Waals surface area contributed by atoms with Gasteiger partial charge in [0.05, 0.1) is 8.07 Å². The second-order valence-electron chi connectivity index (χ2n) is 5.54. The van der Waals surface area contributed by atoms with Crippen molar-refractivity contribution in [3.63, 3.8) is 0 Å². The predicted octanol–water partition coefficient (Wildman–Crippen LogP) is 1.89. The van der Waals surface area contributed by atoms with Gasteiger partial charge >= 0.3 is 6.09 Å². The van der Waals surface area contributed by atoms with Crippen molar-refractivity contribution in [1.29, 1.82) is 0 Å². The highest BCUT2D eigenvalue weighted by molar-refractivity contribution is 6.76. The van der Waals surface area contributed by atoms with Crippen LogP contribution in [0.5, 0.6) is 0 Å². The average molecular weight is 218 g/mol. The van der Waals surface area contributed by atoms with E-state index in [0.29, 0.717) is 0 Å². The van der Waals surface area contributed by atoms with E-state index in [1.807, 2.05) is 20.8 Å². The maximum absolute atomic E-state index is 11.2. The number of hydrazine groups is 1. The number of hydrogen-bond acceptors (Lipinski definition) is 3. The van der Waals surface area contributed by atoms with Crippen LogP contribution in [0.2, 0.25) is 19.6 Å². The highest BCUT2D eigenvalue weighted by Gasteiger charge is 2.17. The number of hydrogen-bond donors (Lipinski definition) is 2. The van der Waals surface area contributed by atoms with E-state index in [-0.39, 0.29) is 0 Å². The van der Waals surface area contributed by atoms with Gasteiger partial charge in [-0.25, -0.2) is 10.2 Å². The van der Waals surface area contributed by atoms with Gasteiger partial charge in [-0.05, 0) is 20.8 Å². The predicted molar refractivity (Wildman–Crippen MR) is 60.7 cm³/mol. The number of ether oxygens (including phenoxy) is 1. The van der Waals surface area contributed by atoms with Gasteiger partial charge in [0.15, 0.2) is 0 Å². The molecule has 4 nitrogen and oxygen atoms in total. The Labute approximate surface area is 87.4 Å². The van der Waals surface area contributed by atoms with E-state index >= 15 is 0 Å². The highest BCUT2D eigenvalue weighted by atomic mass is 28.3. The van der Waals surface area contributed by atoms with Crippen molar-refractivity contribution in [2.75, 3.05) is 6.17 Å². The Balaban J connectivity index is 3.66. The van der Waals surface area contributed by atoms with Gasteiger partial charge in [-0.2, -0.15) is 0 Å². The molecule has 0 aromatic rings. The molecule has 0 aliphatic carbocycles. The summed E-state index contributed by atoms with van der Waals surface area (Å²) in [6.07, 6.45) is 0.419. The van der Waals surface area contributed by atoms with Crippen LogP contribution in [0.25, 0.3) is 0 Å². The second-order valence-corrected chi connectivity index (χ2v) is 11.0. The van der Waals surface area contributed by atoms with E-state index in [0.717, 1.165) is 6.17 Å². The molecule has 0 saturated heterocycles. The number of carbonyl (C=O) groups excluding carboxylic acids is 1. The van der Waals surface area contributed by atoms with Crippen molar-refractivity contribution in [3.8, 4) is 0 Å². The first kappa shape index (κ1) is 13.4. The number of rotatable bonds is 3. The Hall–Kier alpha value is -0.553. The Morgan fingerprint density at radius 1 is 1.29 bits per heavy atom. The first-order chi connectivity index (χ1) is 6.10. The molecule has 0 spiro atoms. The Bertz CT molecular complexity index is 194. The zero-order chi connectivity index (χ0) is 11.4. The van der Waals surface area contributed by atoms with Crippen LogP contribution in [-0.4, -0.2) is 25.9 Å². The van der Waals surface area contributed by atoms with Gasteiger partial charge in [0.25, 0.3) is 0 Å². The number of amides is 1. The van der Waals surface area contributed by atoms with E-state index in [2.05, 4.69) is 30.5 Å². The normalized spacial score (nSPS) is 12.4. The first-order valence-electron chi connectivity index (χ1n) is 4.82. The standard InChI is InChI=1S/C9H22N2O2Si/c1-9(2,3)13-8(12)11-10-7-14(4,5)6/h10H,7H2,1-6H3,(H,11,12). The maximum Gasteiger partial charge on any atom is 0.422 e. The zero-order valence-electron chi connectivity index (χ0n) is 10.0. The number of nitrogens with one attached hydrogen (secondary N) is 2. The van der Waals surface area contributed by atoms with Crippen molar-refractivity contribution in [1.82, 2.24) is 10.9 Å². The third-order valence-electron chi connectivity index (χ3n) is 1.21. The summed E-state index contributed by atoms with van der Waals surface area (Å²) >= 11 is 0. The van der Waals surface area contributed by atoms with Crippen LogP contribution in [-0.2, 0) is 4.74 Å². The van der Waals surface area contributed by atoms with Crippen LogP contribution in [0.3, 0.4) is 0 Å². The van der Waals surface area contributed by atoms with Gasteiger partial charge in [-0.15, -0.1) is 0 Å². The lowest BCUT2D eigenvalue weighted by Crippen LogP contribution is -2.47. The minimum Gasteiger partial charge on any atom is -0.443 e. The van der Waals surface area contributed by atoms with E-state index in [9.17, 15) is 4.79 Å². The lowest BCUT2D eigenvalue weighted by molar-refractivity contribution is 0.0502. The van der Waals surface area contributed by atoms with Crippen LogP contribution in [0, 0.1) is 0 Å². The molecule has 2 N–H and O–H groups in total. The molecule has 0 aromatic carbocycles. The number of carbonyl (C=O) groups is 1. The Morgan fingerprint density at radius 3 is 2.14 bits per heavy atom. The van der Waals surface area contributed by atoms with Gasteiger partial charge < -0.3 is 4.74 Å². The summed E-state index contributed by atoms with van der Waals surface area (Å²) < 4.78 is 5.06. The van der Waals surface area contributed by atoms with Crippen LogP contribution in [0.4, 0.5) is 4.79 Å². The summed E-state index contributed by atoms with van der Waals surface area (Å²) in [7, 11) is -1.16. The van der Waals surface area contributed by atoms with Gasteiger partial charge in [0, 0.05) is 6.17 Å². The van der Waals surface area contributed by atoms with Gasteiger partial charge in [0.2, 0.25) is 0 Å². The quantitative estimate of drug-likeness (QED) is 0.562. The van der Waals surface area contributed by atoms with Crippen LogP contribution >= 0.6 is 0 Å². The molecule has 1 amide bonds. The largest absolute Gasteiger partial charge is 0.443 e. The van der Waals surface area contributed by atoms with Gasteiger partial charge in [-0.3, -0.25) is 5.43 Å². The molecule has 0 unspecified atom stereocenters. The van der Waals surface area contributed by atoms with E-state index < -0.39 is 19.8 Å². The molecule has 0 atom stereocenters. The summed E-state index contributed by atoms with van der Waals surface area (Å²) in [5, 5.41) is 0. The molecule has 0 bridgehead atoms. The molecule has 0 fully saturated rings. The lowest BCUT2D eigenvalue weighted by Gasteiger charge is -2.21. The molecule has 14 heavy (non-hydrogen) atoms. The van der Waals surface area contributed by atoms with E-state index in [1.54, 1.807) is 0 Å². The minimum absolute atomic E-state index is 0.421.